The van der Waals surface area contributed by atoms with Gasteiger partial charge >= 0.3 is 0 Å². The highest BCUT2D eigenvalue weighted by Crippen LogP contribution is 2.33. The molecule has 3 rings (SSSR count). The van der Waals surface area contributed by atoms with Crippen LogP contribution in [0.4, 0.5) is 0 Å². The standard InChI is InChI=1S/C15H19N4O5/c1-8(20)17-11-12(21)13-10(23-14(11)18-19-16)7-22-15(24-13)9-5-3-2-4-6-9/h2-6,10-15,21H,7H2,1H3,(H2-,16,17,18,20)/q-1/t10-,11+,12-,13+,14-,15+/m1/s1. The van der Waals surface area contributed by atoms with Gasteiger partial charge in [0.05, 0.1) is 18.9 Å². The molecule has 3 N–H and O–H groups in total. The Morgan fingerprint density at radius 2 is 2.08 bits per heavy atom. The van der Waals surface area contributed by atoms with Crippen molar-refractivity contribution in [1.29, 1.82) is 0 Å². The molecule has 0 spiro atoms. The third-order valence-electron chi connectivity index (χ3n) is 4.04. The molecule has 0 unspecified atom stereocenters. The van der Waals surface area contributed by atoms with Crippen molar-refractivity contribution in [1.82, 2.24) is 10.7 Å². The lowest BCUT2D eigenvalue weighted by atomic mass is 9.95. The van der Waals surface area contributed by atoms with Crippen LogP contribution in [0.15, 0.2) is 35.6 Å². The van der Waals surface area contributed by atoms with Crippen molar-refractivity contribution >= 4 is 5.91 Å². The molecule has 1 aromatic rings. The summed E-state index contributed by atoms with van der Waals surface area (Å²) in [5, 5.41) is 16.1. The van der Waals surface area contributed by atoms with E-state index in [0.717, 1.165) is 5.56 Å². The number of rotatable bonds is 4. The van der Waals surface area contributed by atoms with Gasteiger partial charge in [0.15, 0.2) is 6.29 Å². The summed E-state index contributed by atoms with van der Waals surface area (Å²) in [6.45, 7) is 1.52. The number of hydrogen-bond donors (Lipinski definition) is 3. The quantitative estimate of drug-likeness (QED) is 0.534. The first kappa shape index (κ1) is 16.8. The molecular weight excluding hydrogens is 316 g/mol. The molecular formula is C15H19N4O5-. The highest BCUT2D eigenvalue weighted by Gasteiger charge is 2.48. The van der Waals surface area contributed by atoms with Crippen molar-refractivity contribution in [3.8, 4) is 0 Å². The number of carbonyl (C=O) groups is 1. The Morgan fingerprint density at radius 1 is 1.33 bits per heavy atom. The summed E-state index contributed by atoms with van der Waals surface area (Å²) < 4.78 is 17.2. The Morgan fingerprint density at radius 3 is 2.75 bits per heavy atom. The molecule has 2 heterocycles. The van der Waals surface area contributed by atoms with E-state index >= 15 is 0 Å². The van der Waals surface area contributed by atoms with Gasteiger partial charge in [0, 0.05) is 12.5 Å². The lowest BCUT2D eigenvalue weighted by Gasteiger charge is -2.49. The van der Waals surface area contributed by atoms with Gasteiger partial charge in [0.2, 0.25) is 5.91 Å². The normalized spacial score (nSPS) is 35.6. The Balaban J connectivity index is 1.77. The van der Waals surface area contributed by atoms with Crippen molar-refractivity contribution < 1.29 is 24.1 Å². The molecule has 9 heteroatoms. The van der Waals surface area contributed by atoms with E-state index in [1.807, 2.05) is 30.3 Å². The highest BCUT2D eigenvalue weighted by molar-refractivity contribution is 5.73. The zero-order valence-corrected chi connectivity index (χ0v) is 13.0. The fourth-order valence-electron chi connectivity index (χ4n) is 2.97. The van der Waals surface area contributed by atoms with Crippen LogP contribution in [0.2, 0.25) is 0 Å². The number of nitrogens with zero attached hydrogens (tertiary/aromatic N) is 2. The SMILES string of the molecule is CC(=O)N[C@H]1[C@@H](O)[C@H]2O[C@@H](c3ccccc3)OC[C@H]2O[C@H]1NN=[N-]. The van der Waals surface area contributed by atoms with Crippen LogP contribution < -0.4 is 10.7 Å². The molecule has 0 aliphatic carbocycles. The van der Waals surface area contributed by atoms with Crippen molar-refractivity contribution in [2.75, 3.05) is 6.61 Å². The molecule has 2 aliphatic rings. The average Bonchev–Trinajstić information content (AvgIpc) is 2.59. The summed E-state index contributed by atoms with van der Waals surface area (Å²) in [6, 6.07) is 8.50. The number of carbonyl (C=O) groups excluding carboxylic acids is 1. The smallest absolute Gasteiger partial charge is 0.217 e. The second kappa shape index (κ2) is 7.22. The van der Waals surface area contributed by atoms with Crippen molar-refractivity contribution in [2.24, 2.45) is 5.22 Å². The van der Waals surface area contributed by atoms with Gasteiger partial charge in [-0.2, -0.15) is 0 Å². The Hall–Kier alpha value is -2.07. The molecule has 1 amide bonds. The Bertz CT molecular complexity index is 586. The van der Waals surface area contributed by atoms with E-state index in [9.17, 15) is 9.90 Å². The molecule has 0 aromatic heterocycles. The number of hydrogen-bond acceptors (Lipinski definition) is 6. The summed E-state index contributed by atoms with van der Waals surface area (Å²) in [5.41, 5.74) is 11.9. The van der Waals surface area contributed by atoms with Crippen LogP contribution in [0.25, 0.3) is 5.53 Å². The van der Waals surface area contributed by atoms with E-state index in [0.29, 0.717) is 0 Å². The fraction of sp³-hybridized carbons (Fsp3) is 0.533. The highest BCUT2D eigenvalue weighted by atomic mass is 16.7. The van der Waals surface area contributed by atoms with E-state index in [2.05, 4.69) is 16.0 Å². The monoisotopic (exact) mass is 335 g/mol. The molecule has 6 atom stereocenters. The van der Waals surface area contributed by atoms with Crippen LogP contribution in [-0.4, -0.2) is 48.2 Å². The largest absolute Gasteiger partial charge is 0.388 e. The molecule has 2 aliphatic heterocycles. The lowest BCUT2D eigenvalue weighted by Crippen LogP contribution is -2.68. The second-order valence-corrected chi connectivity index (χ2v) is 5.72. The van der Waals surface area contributed by atoms with Gasteiger partial charge in [-0.05, 0) is 0 Å². The average molecular weight is 335 g/mol. The molecule has 130 valence electrons. The number of aliphatic hydroxyl groups is 1. The van der Waals surface area contributed by atoms with Crippen LogP contribution in [0.3, 0.4) is 0 Å². The Kier molecular flexibility index (Phi) is 5.05. The minimum Gasteiger partial charge on any atom is -0.388 e. The number of ether oxygens (including phenoxy) is 3. The molecule has 0 radical (unpaired) electrons. The molecule has 0 saturated carbocycles. The predicted octanol–water partition coefficient (Wildman–Crippen LogP) is 0.217. The Labute approximate surface area is 138 Å². The first-order chi connectivity index (χ1) is 11.6. The molecule has 9 nitrogen and oxygen atoms in total. The van der Waals surface area contributed by atoms with E-state index < -0.39 is 36.9 Å². The molecule has 24 heavy (non-hydrogen) atoms. The van der Waals surface area contributed by atoms with Crippen LogP contribution in [0, 0.1) is 0 Å². The molecule has 2 saturated heterocycles. The summed E-state index contributed by atoms with van der Waals surface area (Å²) in [5.74, 6) is -0.350. The second-order valence-electron chi connectivity index (χ2n) is 5.72. The first-order valence-corrected chi connectivity index (χ1v) is 7.62. The maximum Gasteiger partial charge on any atom is 0.217 e. The lowest BCUT2D eigenvalue weighted by molar-refractivity contribution is -0.317. The van der Waals surface area contributed by atoms with Crippen molar-refractivity contribution in [3.63, 3.8) is 0 Å². The van der Waals surface area contributed by atoms with E-state index in [1.165, 1.54) is 6.92 Å². The topological polar surface area (TPSA) is 124 Å². The third kappa shape index (κ3) is 3.39. The van der Waals surface area contributed by atoms with Gasteiger partial charge < -0.3 is 35.6 Å². The van der Waals surface area contributed by atoms with E-state index in [4.69, 9.17) is 19.7 Å². The number of nitrogens with one attached hydrogen (secondary N) is 2. The van der Waals surface area contributed by atoms with Crippen molar-refractivity contribution in [2.45, 2.75) is 43.8 Å². The third-order valence-corrected chi connectivity index (χ3v) is 4.04. The molecule has 0 bridgehead atoms. The summed E-state index contributed by atoms with van der Waals surface area (Å²) in [6.07, 6.45) is -3.87. The summed E-state index contributed by atoms with van der Waals surface area (Å²) in [7, 11) is 0. The molecule has 2 fully saturated rings. The minimum absolute atomic E-state index is 0.192. The van der Waals surface area contributed by atoms with E-state index in [1.54, 1.807) is 0 Å². The van der Waals surface area contributed by atoms with Crippen LogP contribution in [0.1, 0.15) is 18.8 Å². The number of fused-ring (bicyclic) bond motifs is 1. The fourth-order valence-corrected chi connectivity index (χ4v) is 2.97. The summed E-state index contributed by atoms with van der Waals surface area (Å²) in [4.78, 5) is 11.4. The van der Waals surface area contributed by atoms with Gasteiger partial charge in [-0.15, -0.1) is 0 Å². The van der Waals surface area contributed by atoms with Gasteiger partial charge in [0.25, 0.3) is 0 Å². The zero-order chi connectivity index (χ0) is 17.1. The number of aliphatic hydroxyl groups excluding tert-OH is 1. The number of benzene rings is 1. The van der Waals surface area contributed by atoms with Gasteiger partial charge in [-0.1, -0.05) is 30.3 Å². The predicted molar refractivity (Wildman–Crippen MR) is 81.2 cm³/mol. The van der Waals surface area contributed by atoms with Crippen LogP contribution in [-0.2, 0) is 19.0 Å². The minimum atomic E-state index is -1.07. The van der Waals surface area contributed by atoms with Crippen LogP contribution in [0.5, 0.6) is 0 Å². The van der Waals surface area contributed by atoms with Crippen molar-refractivity contribution in [3.05, 3.63) is 41.4 Å². The van der Waals surface area contributed by atoms with Gasteiger partial charge in [-0.25, -0.2) is 0 Å². The number of amides is 1. The summed E-state index contributed by atoms with van der Waals surface area (Å²) >= 11 is 0. The first-order valence-electron chi connectivity index (χ1n) is 7.62. The van der Waals surface area contributed by atoms with E-state index in [-0.39, 0.29) is 12.5 Å². The maximum atomic E-state index is 11.4. The molecule has 1 aromatic carbocycles. The maximum absolute atomic E-state index is 11.4. The van der Waals surface area contributed by atoms with Gasteiger partial charge in [0.1, 0.15) is 18.3 Å². The zero-order valence-electron chi connectivity index (χ0n) is 13.0. The van der Waals surface area contributed by atoms with Gasteiger partial charge in [-0.3, -0.25) is 10.0 Å². The van der Waals surface area contributed by atoms with Crippen LogP contribution >= 0.6 is 0 Å².